The fraction of sp³-hybridized carbons (Fsp3) is 0.429. The molecule has 0 saturated carbocycles. The van der Waals surface area contributed by atoms with Crippen molar-refractivity contribution in [2.75, 3.05) is 0 Å². The Bertz CT molecular complexity index is 271. The van der Waals surface area contributed by atoms with Crippen LogP contribution in [0.4, 0.5) is 0 Å². The molecule has 0 fully saturated rings. The molecule has 78 valence electrons. The van der Waals surface area contributed by atoms with Gasteiger partial charge in [0.15, 0.2) is 0 Å². The molecule has 0 aliphatic carbocycles. The molecule has 0 bridgehead atoms. The molecule has 0 nitrogen and oxygen atoms in total. The van der Waals surface area contributed by atoms with Crippen molar-refractivity contribution in [2.45, 2.75) is 40.5 Å². The minimum atomic E-state index is 0. The SMILES string of the molecule is C.CC/C=C/c1cccc(CCC)c1. The molecular weight excluding hydrogens is 168 g/mol. The van der Waals surface area contributed by atoms with E-state index in [-0.39, 0.29) is 7.43 Å². The summed E-state index contributed by atoms with van der Waals surface area (Å²) < 4.78 is 0. The highest BCUT2D eigenvalue weighted by molar-refractivity contribution is 5.50. The van der Waals surface area contributed by atoms with Crippen molar-refractivity contribution >= 4 is 6.08 Å². The highest BCUT2D eigenvalue weighted by Crippen LogP contribution is 2.09. The van der Waals surface area contributed by atoms with Gasteiger partial charge in [0.1, 0.15) is 0 Å². The number of benzene rings is 1. The minimum absolute atomic E-state index is 0. The average Bonchev–Trinajstić information content (AvgIpc) is 2.16. The zero-order valence-corrected chi connectivity index (χ0v) is 8.59. The van der Waals surface area contributed by atoms with Crippen molar-refractivity contribution in [3.63, 3.8) is 0 Å². The summed E-state index contributed by atoms with van der Waals surface area (Å²) in [4.78, 5) is 0. The van der Waals surface area contributed by atoms with E-state index < -0.39 is 0 Å². The second-order valence-electron chi connectivity index (χ2n) is 3.31. The van der Waals surface area contributed by atoms with Crippen molar-refractivity contribution in [3.05, 3.63) is 41.5 Å². The maximum atomic E-state index is 2.27. The third kappa shape index (κ3) is 4.27. The van der Waals surface area contributed by atoms with E-state index in [9.17, 15) is 0 Å². The lowest BCUT2D eigenvalue weighted by Crippen LogP contribution is -1.83. The summed E-state index contributed by atoms with van der Waals surface area (Å²) >= 11 is 0. The van der Waals surface area contributed by atoms with Gasteiger partial charge >= 0.3 is 0 Å². The molecule has 1 rings (SSSR count). The molecule has 0 amide bonds. The molecule has 0 spiro atoms. The van der Waals surface area contributed by atoms with Gasteiger partial charge in [-0.15, -0.1) is 0 Å². The molecule has 0 heteroatoms. The molecule has 1 aromatic carbocycles. The van der Waals surface area contributed by atoms with Gasteiger partial charge in [-0.05, 0) is 24.0 Å². The highest BCUT2D eigenvalue weighted by atomic mass is 14.0. The summed E-state index contributed by atoms with van der Waals surface area (Å²) in [7, 11) is 0. The molecule has 1 aromatic rings. The molecule has 0 N–H and O–H groups in total. The third-order valence-electron chi connectivity index (χ3n) is 2.04. The molecule has 0 heterocycles. The van der Waals surface area contributed by atoms with Gasteiger partial charge in [-0.3, -0.25) is 0 Å². The highest BCUT2D eigenvalue weighted by Gasteiger charge is 1.91. The summed E-state index contributed by atoms with van der Waals surface area (Å²) in [6.45, 7) is 4.38. The lowest BCUT2D eigenvalue weighted by atomic mass is 10.1. The molecule has 0 radical (unpaired) electrons. The van der Waals surface area contributed by atoms with Crippen LogP contribution in [0.3, 0.4) is 0 Å². The molecule has 0 aliphatic rings. The van der Waals surface area contributed by atoms with Gasteiger partial charge in [-0.2, -0.15) is 0 Å². The molecule has 0 saturated heterocycles. The average molecular weight is 190 g/mol. The normalized spacial score (nSPS) is 10.1. The third-order valence-corrected chi connectivity index (χ3v) is 2.04. The van der Waals surface area contributed by atoms with Crippen molar-refractivity contribution in [1.29, 1.82) is 0 Å². The van der Waals surface area contributed by atoms with Crippen LogP contribution in [0.2, 0.25) is 0 Å². The molecule has 14 heavy (non-hydrogen) atoms. The quantitative estimate of drug-likeness (QED) is 0.645. The predicted molar refractivity (Wildman–Crippen MR) is 66.5 cm³/mol. The Kier molecular flexibility index (Phi) is 6.82. The van der Waals surface area contributed by atoms with Crippen molar-refractivity contribution < 1.29 is 0 Å². The van der Waals surface area contributed by atoms with E-state index >= 15 is 0 Å². The first-order valence-corrected chi connectivity index (χ1v) is 5.12. The summed E-state index contributed by atoms with van der Waals surface area (Å²) in [5, 5.41) is 0. The van der Waals surface area contributed by atoms with Crippen LogP contribution < -0.4 is 0 Å². The van der Waals surface area contributed by atoms with E-state index in [0.717, 1.165) is 6.42 Å². The van der Waals surface area contributed by atoms with Crippen LogP contribution in [0.5, 0.6) is 0 Å². The van der Waals surface area contributed by atoms with Gasteiger partial charge < -0.3 is 0 Å². The Morgan fingerprint density at radius 3 is 2.64 bits per heavy atom. The topological polar surface area (TPSA) is 0 Å². The lowest BCUT2D eigenvalue weighted by Gasteiger charge is -1.99. The van der Waals surface area contributed by atoms with Crippen LogP contribution in [0.25, 0.3) is 6.08 Å². The Balaban J connectivity index is 0.00000169. The van der Waals surface area contributed by atoms with Gasteiger partial charge in [-0.25, -0.2) is 0 Å². The Hall–Kier alpha value is -1.04. The van der Waals surface area contributed by atoms with Crippen LogP contribution in [-0.2, 0) is 6.42 Å². The van der Waals surface area contributed by atoms with Crippen LogP contribution >= 0.6 is 0 Å². The second kappa shape index (κ2) is 7.37. The van der Waals surface area contributed by atoms with Crippen LogP contribution in [0, 0.1) is 0 Å². The van der Waals surface area contributed by atoms with Crippen molar-refractivity contribution in [3.8, 4) is 0 Å². The largest absolute Gasteiger partial charge is 0.0842 e. The molecular formula is C14H22. The standard InChI is InChI=1S/C13H18.CH4/c1-3-5-8-13-10-6-9-12(11-13)7-4-2;/h5-6,8-11H,3-4,7H2,1-2H3;1H4/b8-5+;. The first-order chi connectivity index (χ1) is 6.36. The van der Waals surface area contributed by atoms with Gasteiger partial charge in [0.25, 0.3) is 0 Å². The number of aryl methyl sites for hydroxylation is 1. The molecule has 0 aromatic heterocycles. The predicted octanol–water partition coefficient (Wildman–Crippen LogP) is 4.70. The maximum Gasteiger partial charge on any atom is -0.0257 e. The van der Waals surface area contributed by atoms with E-state index in [2.05, 4.69) is 50.3 Å². The van der Waals surface area contributed by atoms with E-state index in [1.807, 2.05) is 0 Å². The number of hydrogen-bond donors (Lipinski definition) is 0. The summed E-state index contributed by atoms with van der Waals surface area (Å²) in [5.41, 5.74) is 2.77. The smallest absolute Gasteiger partial charge is 0.0257 e. The van der Waals surface area contributed by atoms with Crippen LogP contribution in [-0.4, -0.2) is 0 Å². The van der Waals surface area contributed by atoms with Crippen LogP contribution in [0.15, 0.2) is 30.3 Å². The fourth-order valence-corrected chi connectivity index (χ4v) is 1.39. The summed E-state index contributed by atoms with van der Waals surface area (Å²) in [5.74, 6) is 0. The number of hydrogen-bond acceptors (Lipinski definition) is 0. The zero-order chi connectivity index (χ0) is 9.52. The molecule has 0 atom stereocenters. The van der Waals surface area contributed by atoms with E-state index in [1.54, 1.807) is 0 Å². The fourth-order valence-electron chi connectivity index (χ4n) is 1.39. The first kappa shape index (κ1) is 13.0. The van der Waals surface area contributed by atoms with Crippen molar-refractivity contribution in [1.82, 2.24) is 0 Å². The first-order valence-electron chi connectivity index (χ1n) is 5.12. The van der Waals surface area contributed by atoms with E-state index in [4.69, 9.17) is 0 Å². The Morgan fingerprint density at radius 2 is 2.00 bits per heavy atom. The molecule has 0 unspecified atom stereocenters. The Labute approximate surface area is 88.7 Å². The van der Waals surface area contributed by atoms with Crippen molar-refractivity contribution in [2.24, 2.45) is 0 Å². The number of allylic oxidation sites excluding steroid dienone is 1. The summed E-state index contributed by atoms with van der Waals surface area (Å²) in [6, 6.07) is 8.77. The van der Waals surface area contributed by atoms with Gasteiger partial charge in [-0.1, -0.05) is 64.1 Å². The molecule has 0 aliphatic heterocycles. The number of rotatable bonds is 4. The monoisotopic (exact) mass is 190 g/mol. The van der Waals surface area contributed by atoms with E-state index in [0.29, 0.717) is 0 Å². The van der Waals surface area contributed by atoms with Gasteiger partial charge in [0.2, 0.25) is 0 Å². The summed E-state index contributed by atoms with van der Waals surface area (Å²) in [6.07, 6.45) is 7.91. The van der Waals surface area contributed by atoms with E-state index in [1.165, 1.54) is 24.0 Å². The van der Waals surface area contributed by atoms with Gasteiger partial charge in [0.05, 0.1) is 0 Å². The second-order valence-corrected chi connectivity index (χ2v) is 3.31. The van der Waals surface area contributed by atoms with Crippen LogP contribution in [0.1, 0.15) is 45.2 Å². The van der Waals surface area contributed by atoms with Gasteiger partial charge in [0, 0.05) is 0 Å². The Morgan fingerprint density at radius 1 is 1.21 bits per heavy atom. The minimum Gasteiger partial charge on any atom is -0.0842 e. The lowest BCUT2D eigenvalue weighted by molar-refractivity contribution is 0.921. The maximum absolute atomic E-state index is 2.27. The zero-order valence-electron chi connectivity index (χ0n) is 8.59.